The third-order valence-corrected chi connectivity index (χ3v) is 3.89. The molecule has 0 aromatic rings. The Morgan fingerprint density at radius 3 is 2.28 bits per heavy atom. The average Bonchev–Trinajstić information content (AvgIpc) is 2.61. The van der Waals surface area contributed by atoms with Crippen molar-refractivity contribution in [1.82, 2.24) is 10.6 Å². The zero-order valence-corrected chi connectivity index (χ0v) is 14.3. The molecular weight excluding hydrogens is 336 g/mol. The van der Waals surface area contributed by atoms with E-state index in [0.29, 0.717) is 19.3 Å². The van der Waals surface area contributed by atoms with E-state index in [4.69, 9.17) is 14.6 Å². The Balaban J connectivity index is 2.17. The Morgan fingerprint density at radius 1 is 1.04 bits per heavy atom. The van der Waals surface area contributed by atoms with Crippen LogP contribution >= 0.6 is 0 Å². The van der Waals surface area contributed by atoms with Gasteiger partial charge in [-0.3, -0.25) is 9.59 Å². The fraction of sp³-hybridized carbons (Fsp3) is 0.867. The van der Waals surface area contributed by atoms with Gasteiger partial charge in [-0.25, -0.2) is 0 Å². The van der Waals surface area contributed by atoms with Crippen molar-refractivity contribution in [2.45, 2.75) is 56.4 Å². The minimum absolute atomic E-state index is 0.0205. The van der Waals surface area contributed by atoms with E-state index in [0.717, 1.165) is 0 Å². The monoisotopic (exact) mass is 364 g/mol. The third kappa shape index (κ3) is 7.22. The molecule has 1 saturated heterocycles. The van der Waals surface area contributed by atoms with Gasteiger partial charge in [0.05, 0.1) is 13.2 Å². The molecule has 10 nitrogen and oxygen atoms in total. The standard InChI is InChI=1S/C15H28N2O8/c1-16-10(19)4-2-3-5-11(20)17-6-7-24-15-14(23)13(22)12(21)9(8-18)25-15/h9,12-15,18,21-23H,2-8H2,1H3,(H,16,19)(H,17,20)/t9-,12-,13+,14+,15+/m1/s1. The molecular formula is C15H28N2O8. The summed E-state index contributed by atoms with van der Waals surface area (Å²) < 4.78 is 10.4. The number of hydrogen-bond donors (Lipinski definition) is 6. The number of aliphatic hydroxyl groups is 4. The molecule has 6 N–H and O–H groups in total. The highest BCUT2D eigenvalue weighted by molar-refractivity contribution is 5.76. The quantitative estimate of drug-likeness (QED) is 0.227. The topological polar surface area (TPSA) is 158 Å². The van der Waals surface area contributed by atoms with Gasteiger partial charge in [0, 0.05) is 26.4 Å². The SMILES string of the molecule is CNC(=O)CCCCC(=O)NCCO[C@H]1O[C@H](CO)[C@@H](O)[C@H](O)[C@@H]1O. The molecule has 10 heteroatoms. The molecule has 1 aliphatic heterocycles. The second kappa shape index (κ2) is 11.3. The second-order valence-corrected chi connectivity index (χ2v) is 5.80. The molecule has 1 fully saturated rings. The zero-order chi connectivity index (χ0) is 18.8. The molecule has 0 aromatic heterocycles. The largest absolute Gasteiger partial charge is 0.394 e. The van der Waals surface area contributed by atoms with E-state index in [9.17, 15) is 24.9 Å². The van der Waals surface area contributed by atoms with Crippen molar-refractivity contribution in [1.29, 1.82) is 0 Å². The molecule has 0 spiro atoms. The van der Waals surface area contributed by atoms with Crippen LogP contribution in [-0.2, 0) is 19.1 Å². The maximum absolute atomic E-state index is 11.6. The summed E-state index contributed by atoms with van der Waals surface area (Å²) in [5.41, 5.74) is 0. The van der Waals surface area contributed by atoms with Gasteiger partial charge in [0.25, 0.3) is 0 Å². The lowest BCUT2D eigenvalue weighted by atomic mass is 9.99. The van der Waals surface area contributed by atoms with E-state index in [1.165, 1.54) is 0 Å². The van der Waals surface area contributed by atoms with Crippen molar-refractivity contribution in [2.75, 3.05) is 26.8 Å². The van der Waals surface area contributed by atoms with Gasteiger partial charge in [0.1, 0.15) is 24.4 Å². The molecule has 25 heavy (non-hydrogen) atoms. The Bertz CT molecular complexity index is 420. The maximum Gasteiger partial charge on any atom is 0.220 e. The number of aliphatic hydroxyl groups excluding tert-OH is 4. The van der Waals surface area contributed by atoms with Crippen LogP contribution in [0.25, 0.3) is 0 Å². The minimum atomic E-state index is -1.49. The van der Waals surface area contributed by atoms with Crippen LogP contribution < -0.4 is 10.6 Å². The molecule has 0 aliphatic carbocycles. The summed E-state index contributed by atoms with van der Waals surface area (Å²) in [6, 6.07) is 0. The Kier molecular flexibility index (Phi) is 9.86. The lowest BCUT2D eigenvalue weighted by Gasteiger charge is -2.39. The van der Waals surface area contributed by atoms with Crippen molar-refractivity contribution in [2.24, 2.45) is 0 Å². The first-order valence-corrected chi connectivity index (χ1v) is 8.30. The molecule has 0 saturated carbocycles. The number of hydrogen-bond acceptors (Lipinski definition) is 8. The van der Waals surface area contributed by atoms with Crippen molar-refractivity contribution >= 4 is 11.8 Å². The summed E-state index contributed by atoms with van der Waals surface area (Å²) in [5, 5.41) is 43.2. The van der Waals surface area contributed by atoms with E-state index >= 15 is 0 Å². The lowest BCUT2D eigenvalue weighted by molar-refractivity contribution is -0.300. The highest BCUT2D eigenvalue weighted by Gasteiger charge is 2.43. The van der Waals surface area contributed by atoms with Gasteiger partial charge in [-0.1, -0.05) is 0 Å². The van der Waals surface area contributed by atoms with Crippen LogP contribution in [0.4, 0.5) is 0 Å². The predicted molar refractivity (Wildman–Crippen MR) is 85.3 cm³/mol. The summed E-state index contributed by atoms with van der Waals surface area (Å²) in [4.78, 5) is 22.6. The first-order chi connectivity index (χ1) is 11.9. The number of ether oxygens (including phenoxy) is 2. The molecule has 0 radical (unpaired) electrons. The number of nitrogens with one attached hydrogen (secondary N) is 2. The highest BCUT2D eigenvalue weighted by atomic mass is 16.7. The number of carbonyl (C=O) groups is 2. The summed E-state index contributed by atoms with van der Waals surface area (Å²) in [6.45, 7) is -0.340. The Labute approximate surface area is 146 Å². The molecule has 5 atom stereocenters. The molecule has 0 aromatic carbocycles. The second-order valence-electron chi connectivity index (χ2n) is 5.80. The fourth-order valence-electron chi connectivity index (χ4n) is 2.36. The molecule has 0 unspecified atom stereocenters. The van der Waals surface area contributed by atoms with E-state index < -0.39 is 37.3 Å². The Hall–Kier alpha value is -1.30. The highest BCUT2D eigenvalue weighted by Crippen LogP contribution is 2.21. The van der Waals surface area contributed by atoms with Crippen LogP contribution in [0.3, 0.4) is 0 Å². The fourth-order valence-corrected chi connectivity index (χ4v) is 2.36. The van der Waals surface area contributed by atoms with E-state index in [1.807, 2.05) is 0 Å². The van der Waals surface area contributed by atoms with Crippen LogP contribution in [0.2, 0.25) is 0 Å². The van der Waals surface area contributed by atoms with Crippen molar-refractivity contribution in [3.63, 3.8) is 0 Å². The van der Waals surface area contributed by atoms with Crippen molar-refractivity contribution < 1.29 is 39.5 Å². The van der Waals surface area contributed by atoms with E-state index in [2.05, 4.69) is 10.6 Å². The van der Waals surface area contributed by atoms with Gasteiger partial charge in [-0.15, -0.1) is 0 Å². The predicted octanol–water partition coefficient (Wildman–Crippen LogP) is -2.77. The van der Waals surface area contributed by atoms with Gasteiger partial charge >= 0.3 is 0 Å². The van der Waals surface area contributed by atoms with Crippen LogP contribution in [-0.4, -0.2) is 89.8 Å². The first kappa shape index (κ1) is 21.7. The summed E-state index contributed by atoms with van der Waals surface area (Å²) in [6.07, 6.45) is -4.75. The first-order valence-electron chi connectivity index (χ1n) is 8.30. The molecule has 146 valence electrons. The summed E-state index contributed by atoms with van der Waals surface area (Å²) in [5.74, 6) is -0.248. The minimum Gasteiger partial charge on any atom is -0.394 e. The molecule has 1 heterocycles. The van der Waals surface area contributed by atoms with Gasteiger partial charge in [-0.2, -0.15) is 0 Å². The Morgan fingerprint density at radius 2 is 1.68 bits per heavy atom. The number of carbonyl (C=O) groups excluding carboxylic acids is 2. The number of rotatable bonds is 10. The van der Waals surface area contributed by atoms with Crippen molar-refractivity contribution in [3.8, 4) is 0 Å². The molecule has 2 amide bonds. The van der Waals surface area contributed by atoms with Crippen molar-refractivity contribution in [3.05, 3.63) is 0 Å². The summed E-state index contributed by atoms with van der Waals surface area (Å²) in [7, 11) is 1.56. The van der Waals surface area contributed by atoms with Crippen LogP contribution in [0.15, 0.2) is 0 Å². The van der Waals surface area contributed by atoms with E-state index in [1.54, 1.807) is 7.05 Å². The van der Waals surface area contributed by atoms with Gasteiger partial charge in [0.15, 0.2) is 6.29 Å². The van der Waals surface area contributed by atoms with Crippen LogP contribution in [0.1, 0.15) is 25.7 Å². The summed E-state index contributed by atoms with van der Waals surface area (Å²) >= 11 is 0. The smallest absolute Gasteiger partial charge is 0.220 e. The number of unbranched alkanes of at least 4 members (excludes halogenated alkanes) is 1. The lowest BCUT2D eigenvalue weighted by Crippen LogP contribution is -2.59. The van der Waals surface area contributed by atoms with Gasteiger partial charge in [0.2, 0.25) is 11.8 Å². The van der Waals surface area contributed by atoms with E-state index in [-0.39, 0.29) is 31.4 Å². The van der Waals surface area contributed by atoms with Crippen LogP contribution in [0, 0.1) is 0 Å². The number of amides is 2. The third-order valence-electron chi connectivity index (χ3n) is 3.89. The van der Waals surface area contributed by atoms with Crippen LogP contribution in [0.5, 0.6) is 0 Å². The average molecular weight is 364 g/mol. The maximum atomic E-state index is 11.6. The zero-order valence-electron chi connectivity index (χ0n) is 14.3. The van der Waals surface area contributed by atoms with Gasteiger partial charge in [-0.05, 0) is 12.8 Å². The van der Waals surface area contributed by atoms with Gasteiger partial charge < -0.3 is 40.5 Å². The molecule has 0 bridgehead atoms. The normalized spacial score (nSPS) is 29.2. The molecule has 1 aliphatic rings. The molecule has 1 rings (SSSR count).